The van der Waals surface area contributed by atoms with Crippen LogP contribution in [0.2, 0.25) is 0 Å². The molecule has 0 aromatic carbocycles. The summed E-state index contributed by atoms with van der Waals surface area (Å²) < 4.78 is 11.3. The molecule has 14 heavy (non-hydrogen) atoms. The minimum absolute atomic E-state index is 0.231. The topological polar surface area (TPSA) is 18.5 Å². The summed E-state index contributed by atoms with van der Waals surface area (Å²) >= 11 is 3.49. The van der Waals surface area contributed by atoms with Gasteiger partial charge in [-0.15, -0.1) is 0 Å². The van der Waals surface area contributed by atoms with Gasteiger partial charge in [0.15, 0.2) is 0 Å². The smallest absolute Gasteiger partial charge is 0.0808 e. The van der Waals surface area contributed by atoms with Gasteiger partial charge in [0, 0.05) is 11.9 Å². The van der Waals surface area contributed by atoms with Crippen LogP contribution in [0.25, 0.3) is 0 Å². The highest BCUT2D eigenvalue weighted by molar-refractivity contribution is 9.09. The molecule has 1 atom stereocenters. The van der Waals surface area contributed by atoms with Gasteiger partial charge in [-0.2, -0.15) is 0 Å². The average Bonchev–Trinajstić information content (AvgIpc) is 2.19. The Morgan fingerprint density at radius 3 is 2.79 bits per heavy atom. The SMILES string of the molecule is CC(C)(CBr)COCC1CCCCO1. The van der Waals surface area contributed by atoms with Crippen molar-refractivity contribution in [3.63, 3.8) is 0 Å². The van der Waals surface area contributed by atoms with E-state index in [2.05, 4.69) is 29.8 Å². The fourth-order valence-corrected chi connectivity index (χ4v) is 1.61. The third-order valence-corrected chi connectivity index (χ3v) is 3.95. The lowest BCUT2D eigenvalue weighted by molar-refractivity contribution is -0.0523. The Kier molecular flexibility index (Phi) is 5.42. The summed E-state index contributed by atoms with van der Waals surface area (Å²) in [6.45, 7) is 6.87. The van der Waals surface area contributed by atoms with Crippen molar-refractivity contribution in [3.8, 4) is 0 Å². The molecule has 0 aliphatic carbocycles. The van der Waals surface area contributed by atoms with Crippen molar-refractivity contribution in [2.75, 3.05) is 25.2 Å². The molecule has 0 N–H and O–H groups in total. The van der Waals surface area contributed by atoms with Crippen molar-refractivity contribution in [2.24, 2.45) is 5.41 Å². The summed E-state index contributed by atoms with van der Waals surface area (Å²) in [7, 11) is 0. The molecule has 0 radical (unpaired) electrons. The van der Waals surface area contributed by atoms with Crippen LogP contribution in [-0.2, 0) is 9.47 Å². The molecule has 0 bridgehead atoms. The first-order valence-electron chi connectivity index (χ1n) is 5.39. The largest absolute Gasteiger partial charge is 0.378 e. The van der Waals surface area contributed by atoms with Gasteiger partial charge in [0.1, 0.15) is 0 Å². The van der Waals surface area contributed by atoms with E-state index in [1.54, 1.807) is 0 Å². The van der Waals surface area contributed by atoms with Gasteiger partial charge in [0.05, 0.1) is 19.3 Å². The Bertz CT molecular complexity index is 153. The summed E-state index contributed by atoms with van der Waals surface area (Å²) in [6.07, 6.45) is 4.00. The number of alkyl halides is 1. The second-order valence-electron chi connectivity index (χ2n) is 4.80. The molecule has 3 heteroatoms. The number of hydrogen-bond acceptors (Lipinski definition) is 2. The van der Waals surface area contributed by atoms with Gasteiger partial charge < -0.3 is 9.47 Å². The molecule has 1 rings (SSSR count). The van der Waals surface area contributed by atoms with Crippen molar-refractivity contribution >= 4 is 15.9 Å². The maximum atomic E-state index is 5.67. The lowest BCUT2D eigenvalue weighted by Gasteiger charge is -2.26. The van der Waals surface area contributed by atoms with Gasteiger partial charge in [-0.3, -0.25) is 0 Å². The van der Waals surface area contributed by atoms with Gasteiger partial charge in [-0.25, -0.2) is 0 Å². The van der Waals surface area contributed by atoms with E-state index in [9.17, 15) is 0 Å². The molecule has 1 heterocycles. The van der Waals surface area contributed by atoms with E-state index in [-0.39, 0.29) is 5.41 Å². The molecule has 0 spiro atoms. The molecular formula is C11H21BrO2. The normalized spacial score (nSPS) is 23.8. The fraction of sp³-hybridized carbons (Fsp3) is 1.00. The molecule has 1 saturated heterocycles. The van der Waals surface area contributed by atoms with Crippen LogP contribution in [0.15, 0.2) is 0 Å². The lowest BCUT2D eigenvalue weighted by Crippen LogP contribution is -2.28. The summed E-state index contributed by atoms with van der Waals surface area (Å²) in [5, 5.41) is 0.978. The summed E-state index contributed by atoms with van der Waals surface area (Å²) in [6, 6.07) is 0. The number of halogens is 1. The van der Waals surface area contributed by atoms with Crippen LogP contribution in [0.3, 0.4) is 0 Å². The highest BCUT2D eigenvalue weighted by Crippen LogP contribution is 2.19. The summed E-state index contributed by atoms with van der Waals surface area (Å²) in [4.78, 5) is 0. The Hall–Kier alpha value is 0.400. The minimum Gasteiger partial charge on any atom is -0.378 e. The van der Waals surface area contributed by atoms with Gasteiger partial charge in [-0.1, -0.05) is 29.8 Å². The maximum Gasteiger partial charge on any atom is 0.0808 e. The zero-order chi connectivity index (χ0) is 10.4. The van der Waals surface area contributed by atoms with Gasteiger partial charge >= 0.3 is 0 Å². The van der Waals surface area contributed by atoms with E-state index < -0.39 is 0 Å². The standard InChI is InChI=1S/C11H21BrO2/c1-11(2,8-12)9-13-7-10-5-3-4-6-14-10/h10H,3-9H2,1-2H3. The molecule has 0 aromatic rings. The van der Waals surface area contributed by atoms with Crippen LogP contribution in [0.4, 0.5) is 0 Å². The van der Waals surface area contributed by atoms with Crippen LogP contribution in [-0.4, -0.2) is 31.3 Å². The first-order chi connectivity index (χ1) is 6.64. The van der Waals surface area contributed by atoms with Crippen LogP contribution in [0, 0.1) is 5.41 Å². The van der Waals surface area contributed by atoms with E-state index in [4.69, 9.17) is 9.47 Å². The van der Waals surface area contributed by atoms with Crippen molar-refractivity contribution in [1.29, 1.82) is 0 Å². The zero-order valence-electron chi connectivity index (χ0n) is 9.22. The molecule has 1 unspecified atom stereocenters. The van der Waals surface area contributed by atoms with Crippen LogP contribution >= 0.6 is 15.9 Å². The van der Waals surface area contributed by atoms with E-state index in [0.717, 1.165) is 31.6 Å². The third-order valence-electron chi connectivity index (χ3n) is 2.43. The van der Waals surface area contributed by atoms with E-state index in [1.807, 2.05) is 0 Å². The maximum absolute atomic E-state index is 5.67. The van der Waals surface area contributed by atoms with E-state index in [0.29, 0.717) is 6.10 Å². The average molecular weight is 265 g/mol. The molecule has 0 aromatic heterocycles. The predicted octanol–water partition coefficient (Wildman–Crippen LogP) is 2.99. The molecule has 1 aliphatic rings. The zero-order valence-corrected chi connectivity index (χ0v) is 10.8. The molecular weight excluding hydrogens is 244 g/mol. The van der Waals surface area contributed by atoms with Crippen molar-refractivity contribution in [3.05, 3.63) is 0 Å². The summed E-state index contributed by atoms with van der Waals surface area (Å²) in [5.41, 5.74) is 0.231. The first kappa shape index (κ1) is 12.5. The van der Waals surface area contributed by atoms with Crippen LogP contribution in [0.5, 0.6) is 0 Å². The number of ether oxygens (including phenoxy) is 2. The van der Waals surface area contributed by atoms with Gasteiger partial charge in [0.2, 0.25) is 0 Å². The number of rotatable bonds is 5. The number of hydrogen-bond donors (Lipinski definition) is 0. The second-order valence-corrected chi connectivity index (χ2v) is 5.36. The predicted molar refractivity (Wildman–Crippen MR) is 62.0 cm³/mol. The fourth-order valence-electron chi connectivity index (χ4n) is 1.44. The van der Waals surface area contributed by atoms with E-state index >= 15 is 0 Å². The molecule has 2 nitrogen and oxygen atoms in total. The van der Waals surface area contributed by atoms with Crippen LogP contribution < -0.4 is 0 Å². The highest BCUT2D eigenvalue weighted by Gasteiger charge is 2.18. The Balaban J connectivity index is 2.08. The molecule has 84 valence electrons. The van der Waals surface area contributed by atoms with Crippen molar-refractivity contribution in [2.45, 2.75) is 39.2 Å². The second kappa shape index (κ2) is 6.09. The van der Waals surface area contributed by atoms with Crippen molar-refractivity contribution < 1.29 is 9.47 Å². The molecule has 1 aliphatic heterocycles. The minimum atomic E-state index is 0.231. The van der Waals surface area contributed by atoms with Crippen LogP contribution in [0.1, 0.15) is 33.1 Å². The molecule has 0 amide bonds. The van der Waals surface area contributed by atoms with Gasteiger partial charge in [0.25, 0.3) is 0 Å². The van der Waals surface area contributed by atoms with E-state index in [1.165, 1.54) is 12.8 Å². The van der Waals surface area contributed by atoms with Gasteiger partial charge in [-0.05, 0) is 24.7 Å². The Morgan fingerprint density at radius 2 is 2.21 bits per heavy atom. The monoisotopic (exact) mass is 264 g/mol. The Morgan fingerprint density at radius 1 is 1.43 bits per heavy atom. The lowest BCUT2D eigenvalue weighted by atomic mass is 9.98. The first-order valence-corrected chi connectivity index (χ1v) is 6.51. The quantitative estimate of drug-likeness (QED) is 0.711. The Labute approximate surface area is 95.5 Å². The summed E-state index contributed by atoms with van der Waals surface area (Å²) in [5.74, 6) is 0. The highest BCUT2D eigenvalue weighted by atomic mass is 79.9. The molecule has 0 saturated carbocycles. The third kappa shape index (κ3) is 4.76. The molecule has 1 fully saturated rings. The van der Waals surface area contributed by atoms with Crippen molar-refractivity contribution in [1.82, 2.24) is 0 Å².